The summed E-state index contributed by atoms with van der Waals surface area (Å²) in [5, 5.41) is 4.74. The number of nitrogens with zero attached hydrogens (tertiary/aromatic N) is 2. The van der Waals surface area contributed by atoms with Crippen molar-refractivity contribution in [2.75, 3.05) is 0 Å². The molecule has 1 aliphatic rings. The molecule has 1 aliphatic carbocycles. The van der Waals surface area contributed by atoms with Gasteiger partial charge in [-0.05, 0) is 65.6 Å². The third-order valence-corrected chi connectivity index (χ3v) is 4.44. The van der Waals surface area contributed by atoms with Crippen molar-refractivity contribution in [3.63, 3.8) is 0 Å². The van der Waals surface area contributed by atoms with Gasteiger partial charge in [0.2, 0.25) is 0 Å². The van der Waals surface area contributed by atoms with Crippen molar-refractivity contribution in [1.82, 2.24) is 9.78 Å². The lowest BCUT2D eigenvalue weighted by molar-refractivity contribution is 0.0971. The molecule has 0 fully saturated rings. The molecule has 0 atom stereocenters. The second kappa shape index (κ2) is 5.31. The van der Waals surface area contributed by atoms with Gasteiger partial charge in [-0.15, -0.1) is 0 Å². The van der Waals surface area contributed by atoms with Crippen molar-refractivity contribution >= 4 is 28.4 Å². The summed E-state index contributed by atoms with van der Waals surface area (Å²) in [6.45, 7) is 4.20. The maximum absolute atomic E-state index is 12.3. The molecular formula is C16H17IN2O. The molecule has 4 heteroatoms. The van der Waals surface area contributed by atoms with E-state index >= 15 is 0 Å². The Hall–Kier alpha value is -1.17. The Morgan fingerprint density at radius 2 is 1.90 bits per heavy atom. The SMILES string of the molecule is CC(C)c1nn(-c2ccc(I)cc2)c2c1C(=O)CCC2. The zero-order valence-electron chi connectivity index (χ0n) is 11.7. The summed E-state index contributed by atoms with van der Waals surface area (Å²) in [7, 11) is 0. The zero-order valence-corrected chi connectivity index (χ0v) is 13.8. The molecule has 104 valence electrons. The molecule has 20 heavy (non-hydrogen) atoms. The summed E-state index contributed by atoms with van der Waals surface area (Å²) in [4.78, 5) is 12.3. The molecule has 3 nitrogen and oxygen atoms in total. The molecule has 0 spiro atoms. The van der Waals surface area contributed by atoms with Crippen LogP contribution in [0.5, 0.6) is 0 Å². The fourth-order valence-electron chi connectivity index (χ4n) is 2.75. The molecule has 0 unspecified atom stereocenters. The van der Waals surface area contributed by atoms with Crippen molar-refractivity contribution in [1.29, 1.82) is 0 Å². The maximum atomic E-state index is 12.3. The van der Waals surface area contributed by atoms with Crippen LogP contribution >= 0.6 is 22.6 Å². The Morgan fingerprint density at radius 1 is 1.20 bits per heavy atom. The number of fused-ring (bicyclic) bond motifs is 1. The maximum Gasteiger partial charge on any atom is 0.166 e. The number of benzene rings is 1. The van der Waals surface area contributed by atoms with Gasteiger partial charge in [-0.1, -0.05) is 13.8 Å². The topological polar surface area (TPSA) is 34.9 Å². The lowest BCUT2D eigenvalue weighted by Gasteiger charge is -2.14. The van der Waals surface area contributed by atoms with Crippen LogP contribution in [0.2, 0.25) is 0 Å². The molecule has 0 N–H and O–H groups in total. The molecule has 0 bridgehead atoms. The minimum Gasteiger partial charge on any atom is -0.294 e. The van der Waals surface area contributed by atoms with Crippen LogP contribution in [0.15, 0.2) is 24.3 Å². The Balaban J connectivity index is 2.19. The largest absolute Gasteiger partial charge is 0.294 e. The monoisotopic (exact) mass is 380 g/mol. The normalized spacial score (nSPS) is 14.7. The Bertz CT molecular complexity index is 656. The van der Waals surface area contributed by atoms with E-state index < -0.39 is 0 Å². The summed E-state index contributed by atoms with van der Waals surface area (Å²) in [5.74, 6) is 0.530. The first kappa shape index (κ1) is 13.8. The van der Waals surface area contributed by atoms with Crippen molar-refractivity contribution in [3.8, 4) is 5.69 Å². The molecule has 0 radical (unpaired) electrons. The van der Waals surface area contributed by atoms with Crippen molar-refractivity contribution < 1.29 is 4.79 Å². The highest BCUT2D eigenvalue weighted by Gasteiger charge is 2.28. The molecule has 0 aliphatic heterocycles. The van der Waals surface area contributed by atoms with Crippen LogP contribution in [0, 0.1) is 3.57 Å². The second-order valence-electron chi connectivity index (χ2n) is 5.53. The van der Waals surface area contributed by atoms with E-state index in [9.17, 15) is 4.79 Å². The van der Waals surface area contributed by atoms with E-state index in [0.29, 0.717) is 6.42 Å². The molecule has 3 rings (SSSR count). The fraction of sp³-hybridized carbons (Fsp3) is 0.375. The molecule has 0 saturated heterocycles. The van der Waals surface area contributed by atoms with Gasteiger partial charge in [-0.25, -0.2) is 4.68 Å². The quantitative estimate of drug-likeness (QED) is 0.735. The van der Waals surface area contributed by atoms with Crippen LogP contribution in [-0.4, -0.2) is 15.6 Å². The van der Waals surface area contributed by atoms with Crippen LogP contribution in [0.1, 0.15) is 54.4 Å². The van der Waals surface area contributed by atoms with Gasteiger partial charge < -0.3 is 0 Å². The van der Waals surface area contributed by atoms with Crippen LogP contribution in [0.4, 0.5) is 0 Å². The van der Waals surface area contributed by atoms with Gasteiger partial charge in [0.1, 0.15) is 0 Å². The van der Waals surface area contributed by atoms with E-state index in [0.717, 1.165) is 35.5 Å². The standard InChI is InChI=1S/C16H17IN2O/c1-10(2)16-15-13(4-3-5-14(15)20)19(18-16)12-8-6-11(17)7-9-12/h6-10H,3-5H2,1-2H3. The van der Waals surface area contributed by atoms with E-state index in [1.165, 1.54) is 3.57 Å². The zero-order chi connectivity index (χ0) is 14.3. The molecule has 1 aromatic heterocycles. The second-order valence-corrected chi connectivity index (χ2v) is 6.77. The number of Topliss-reactive ketones (excluding diaryl/α,β-unsaturated/α-hetero) is 1. The highest BCUT2D eigenvalue weighted by molar-refractivity contribution is 14.1. The first-order valence-corrected chi connectivity index (χ1v) is 8.06. The highest BCUT2D eigenvalue weighted by Crippen LogP contribution is 2.30. The smallest absolute Gasteiger partial charge is 0.166 e. The Morgan fingerprint density at radius 3 is 2.55 bits per heavy atom. The third kappa shape index (κ3) is 2.30. The fourth-order valence-corrected chi connectivity index (χ4v) is 3.11. The summed E-state index contributed by atoms with van der Waals surface area (Å²) < 4.78 is 3.17. The number of ketones is 1. The van der Waals surface area contributed by atoms with Gasteiger partial charge in [0.25, 0.3) is 0 Å². The first-order chi connectivity index (χ1) is 9.58. The van der Waals surface area contributed by atoms with E-state index in [2.05, 4.69) is 60.7 Å². The number of aromatic nitrogens is 2. The summed E-state index contributed by atoms with van der Waals surface area (Å²) in [5.41, 5.74) is 3.96. The van der Waals surface area contributed by atoms with E-state index in [4.69, 9.17) is 5.10 Å². The summed E-state index contributed by atoms with van der Waals surface area (Å²) in [6.07, 6.45) is 2.53. The molecular weight excluding hydrogens is 363 g/mol. The van der Waals surface area contributed by atoms with E-state index in [-0.39, 0.29) is 11.7 Å². The van der Waals surface area contributed by atoms with Crippen molar-refractivity contribution in [2.45, 2.75) is 39.0 Å². The first-order valence-electron chi connectivity index (χ1n) is 6.99. The minimum absolute atomic E-state index is 0.256. The van der Waals surface area contributed by atoms with Gasteiger partial charge in [-0.3, -0.25) is 4.79 Å². The number of carbonyl (C=O) groups excluding carboxylic acids is 1. The Kier molecular flexibility index (Phi) is 3.67. The Labute approximate surface area is 132 Å². The highest BCUT2D eigenvalue weighted by atomic mass is 127. The average Bonchev–Trinajstić information content (AvgIpc) is 2.81. The van der Waals surface area contributed by atoms with Gasteiger partial charge >= 0.3 is 0 Å². The molecule has 2 aromatic rings. The van der Waals surface area contributed by atoms with Gasteiger partial charge in [0.15, 0.2) is 5.78 Å². The predicted octanol–water partition coefficient (Wildman–Crippen LogP) is 4.12. The number of hydrogen-bond donors (Lipinski definition) is 0. The third-order valence-electron chi connectivity index (χ3n) is 3.72. The average molecular weight is 380 g/mol. The molecule has 0 amide bonds. The van der Waals surface area contributed by atoms with Gasteiger partial charge in [0, 0.05) is 9.99 Å². The van der Waals surface area contributed by atoms with Crippen molar-refractivity contribution in [2.24, 2.45) is 0 Å². The lowest BCUT2D eigenvalue weighted by atomic mass is 9.91. The van der Waals surface area contributed by atoms with Crippen LogP contribution in [0.25, 0.3) is 5.69 Å². The summed E-state index contributed by atoms with van der Waals surface area (Å²) in [6, 6.07) is 8.28. The number of halogens is 1. The number of rotatable bonds is 2. The van der Waals surface area contributed by atoms with Crippen LogP contribution in [-0.2, 0) is 6.42 Å². The molecule has 1 heterocycles. The van der Waals surface area contributed by atoms with Crippen molar-refractivity contribution in [3.05, 3.63) is 44.8 Å². The molecule has 0 saturated carbocycles. The minimum atomic E-state index is 0.256. The van der Waals surface area contributed by atoms with Crippen LogP contribution in [0.3, 0.4) is 0 Å². The number of hydrogen-bond acceptors (Lipinski definition) is 2. The van der Waals surface area contributed by atoms with Gasteiger partial charge in [-0.2, -0.15) is 5.10 Å². The van der Waals surface area contributed by atoms with E-state index in [1.807, 2.05) is 4.68 Å². The molecule has 1 aromatic carbocycles. The van der Waals surface area contributed by atoms with E-state index in [1.54, 1.807) is 0 Å². The summed E-state index contributed by atoms with van der Waals surface area (Å²) >= 11 is 2.29. The van der Waals surface area contributed by atoms with Gasteiger partial charge in [0.05, 0.1) is 22.6 Å². The lowest BCUT2D eigenvalue weighted by Crippen LogP contribution is -2.13. The number of carbonyl (C=O) groups is 1. The van der Waals surface area contributed by atoms with Crippen LogP contribution < -0.4 is 0 Å². The predicted molar refractivity (Wildman–Crippen MR) is 87.6 cm³/mol.